The monoisotopic (exact) mass is 388 g/mol. The van der Waals surface area contributed by atoms with Crippen molar-refractivity contribution < 1.29 is 13.2 Å². The lowest BCUT2D eigenvalue weighted by Crippen LogP contribution is -2.31. The number of hydrogen-bond acceptors (Lipinski definition) is 3. The summed E-state index contributed by atoms with van der Waals surface area (Å²) in [5.74, 6) is 0.180. The van der Waals surface area contributed by atoms with E-state index in [0.717, 1.165) is 12.0 Å². The predicted molar refractivity (Wildman–Crippen MR) is 108 cm³/mol. The third kappa shape index (κ3) is 6.48. The first-order chi connectivity index (χ1) is 12.8. The average Bonchev–Trinajstić information content (AvgIpc) is 2.63. The molecule has 0 aliphatic rings. The minimum Gasteiger partial charge on any atom is -0.356 e. The highest BCUT2D eigenvalue weighted by Crippen LogP contribution is 2.17. The highest BCUT2D eigenvalue weighted by atomic mass is 32.2. The minimum atomic E-state index is -3.60. The normalized spacial score (nSPS) is 11.6. The first kappa shape index (κ1) is 21.1. The summed E-state index contributed by atoms with van der Waals surface area (Å²) >= 11 is 0. The number of hydrogen-bond donors (Lipinski definition) is 2. The fourth-order valence-electron chi connectivity index (χ4n) is 2.73. The maximum atomic E-state index is 12.3. The van der Waals surface area contributed by atoms with Crippen molar-refractivity contribution in [3.8, 4) is 0 Å². The molecule has 0 saturated carbocycles. The molecule has 0 heterocycles. The summed E-state index contributed by atoms with van der Waals surface area (Å²) in [6.45, 7) is 6.76. The molecule has 2 N–H and O–H groups in total. The van der Waals surface area contributed by atoms with Crippen LogP contribution in [-0.4, -0.2) is 27.4 Å². The highest BCUT2D eigenvalue weighted by Gasteiger charge is 2.14. The van der Waals surface area contributed by atoms with Gasteiger partial charge in [0.2, 0.25) is 15.9 Å². The van der Waals surface area contributed by atoms with Crippen LogP contribution in [0.1, 0.15) is 42.9 Å². The van der Waals surface area contributed by atoms with E-state index in [1.54, 1.807) is 12.1 Å². The standard InChI is InChI=1S/C21H28N2O3S/c1-16(2)18-8-10-20(11-9-18)27(25,26)23-15-13-21(24)22-14-12-19-7-5-4-6-17(19)3/h4-11,16,23H,12-15H2,1-3H3,(H,22,24). The van der Waals surface area contributed by atoms with Gasteiger partial charge >= 0.3 is 0 Å². The molecule has 0 spiro atoms. The third-order valence-corrected chi connectivity index (χ3v) is 5.96. The molecule has 2 aromatic rings. The number of amides is 1. The Labute approximate surface area is 162 Å². The molecule has 0 aliphatic heterocycles. The van der Waals surface area contributed by atoms with E-state index in [4.69, 9.17) is 0 Å². The van der Waals surface area contributed by atoms with E-state index in [1.807, 2.05) is 43.3 Å². The zero-order chi connectivity index (χ0) is 19.9. The molecular formula is C21H28N2O3S. The van der Waals surface area contributed by atoms with Crippen LogP contribution in [0.25, 0.3) is 0 Å². The van der Waals surface area contributed by atoms with Gasteiger partial charge in [0.25, 0.3) is 0 Å². The van der Waals surface area contributed by atoms with E-state index in [2.05, 4.69) is 23.9 Å². The van der Waals surface area contributed by atoms with Gasteiger partial charge in [-0.2, -0.15) is 0 Å². The Hall–Kier alpha value is -2.18. The van der Waals surface area contributed by atoms with Gasteiger partial charge in [-0.1, -0.05) is 50.2 Å². The van der Waals surface area contributed by atoms with Crippen LogP contribution in [0.5, 0.6) is 0 Å². The summed E-state index contributed by atoms with van der Waals surface area (Å²) in [5, 5.41) is 2.83. The molecule has 1 amide bonds. The Morgan fingerprint density at radius 2 is 1.67 bits per heavy atom. The van der Waals surface area contributed by atoms with Crippen LogP contribution in [0.4, 0.5) is 0 Å². The van der Waals surface area contributed by atoms with Crippen molar-refractivity contribution in [2.24, 2.45) is 0 Å². The molecule has 0 radical (unpaired) electrons. The van der Waals surface area contributed by atoms with Crippen LogP contribution in [0.15, 0.2) is 53.4 Å². The van der Waals surface area contributed by atoms with E-state index in [1.165, 1.54) is 11.1 Å². The van der Waals surface area contributed by atoms with E-state index in [9.17, 15) is 13.2 Å². The van der Waals surface area contributed by atoms with Crippen LogP contribution in [0, 0.1) is 6.92 Å². The second-order valence-electron chi connectivity index (χ2n) is 6.90. The fourth-order valence-corrected chi connectivity index (χ4v) is 3.76. The third-order valence-electron chi connectivity index (χ3n) is 4.48. The summed E-state index contributed by atoms with van der Waals surface area (Å²) in [6, 6.07) is 14.9. The molecule has 0 unspecified atom stereocenters. The Kier molecular flexibility index (Phi) is 7.56. The van der Waals surface area contributed by atoms with Crippen molar-refractivity contribution in [3.63, 3.8) is 0 Å². The zero-order valence-electron chi connectivity index (χ0n) is 16.2. The molecule has 146 valence electrons. The zero-order valence-corrected chi connectivity index (χ0v) is 17.0. The Bertz CT molecular complexity index is 859. The van der Waals surface area contributed by atoms with Gasteiger partial charge in [-0.25, -0.2) is 13.1 Å². The molecule has 27 heavy (non-hydrogen) atoms. The molecule has 6 heteroatoms. The van der Waals surface area contributed by atoms with Crippen molar-refractivity contribution >= 4 is 15.9 Å². The summed E-state index contributed by atoms with van der Waals surface area (Å²) in [5.41, 5.74) is 3.48. The number of nitrogens with one attached hydrogen (secondary N) is 2. The number of benzene rings is 2. The minimum absolute atomic E-state index is 0.0739. The molecule has 2 rings (SSSR count). The largest absolute Gasteiger partial charge is 0.356 e. The predicted octanol–water partition coefficient (Wildman–Crippen LogP) is 3.15. The molecule has 0 saturated heterocycles. The second-order valence-corrected chi connectivity index (χ2v) is 8.66. The van der Waals surface area contributed by atoms with Crippen molar-refractivity contribution in [2.45, 2.75) is 44.4 Å². The van der Waals surface area contributed by atoms with E-state index < -0.39 is 10.0 Å². The van der Waals surface area contributed by atoms with Gasteiger partial charge in [0, 0.05) is 19.5 Å². The van der Waals surface area contributed by atoms with Crippen molar-refractivity contribution in [1.29, 1.82) is 0 Å². The van der Waals surface area contributed by atoms with Crippen LogP contribution >= 0.6 is 0 Å². The quantitative estimate of drug-likeness (QED) is 0.693. The molecule has 0 bridgehead atoms. The summed E-state index contributed by atoms with van der Waals surface area (Å²) in [6.07, 6.45) is 0.865. The molecule has 0 aliphatic carbocycles. The molecule has 5 nitrogen and oxygen atoms in total. The lowest BCUT2D eigenvalue weighted by Gasteiger charge is -2.10. The van der Waals surface area contributed by atoms with Gasteiger partial charge in [-0.05, 0) is 48.1 Å². The molecule has 0 aromatic heterocycles. The Morgan fingerprint density at radius 1 is 1.00 bits per heavy atom. The summed E-state index contributed by atoms with van der Waals surface area (Å²) < 4.78 is 27.1. The highest BCUT2D eigenvalue weighted by molar-refractivity contribution is 7.89. The molecule has 0 fully saturated rings. The van der Waals surface area contributed by atoms with Crippen LogP contribution in [0.3, 0.4) is 0 Å². The maximum Gasteiger partial charge on any atom is 0.240 e. The summed E-state index contributed by atoms with van der Waals surface area (Å²) in [7, 11) is -3.60. The Morgan fingerprint density at radius 3 is 2.30 bits per heavy atom. The molecule has 0 atom stereocenters. The number of carbonyl (C=O) groups excluding carboxylic acids is 1. The first-order valence-corrected chi connectivity index (χ1v) is 10.7. The van der Waals surface area contributed by atoms with Gasteiger partial charge in [0.1, 0.15) is 0 Å². The smallest absolute Gasteiger partial charge is 0.240 e. The lowest BCUT2D eigenvalue weighted by molar-refractivity contribution is -0.120. The molecule has 2 aromatic carbocycles. The summed E-state index contributed by atoms with van der Waals surface area (Å²) in [4.78, 5) is 12.1. The molecular weight excluding hydrogens is 360 g/mol. The average molecular weight is 389 g/mol. The lowest BCUT2D eigenvalue weighted by atomic mass is 10.0. The van der Waals surface area contributed by atoms with E-state index >= 15 is 0 Å². The topological polar surface area (TPSA) is 75.3 Å². The number of rotatable bonds is 9. The van der Waals surface area contributed by atoms with Crippen LogP contribution < -0.4 is 10.0 Å². The van der Waals surface area contributed by atoms with Gasteiger partial charge in [-0.3, -0.25) is 4.79 Å². The van der Waals surface area contributed by atoms with Crippen molar-refractivity contribution in [2.75, 3.05) is 13.1 Å². The van der Waals surface area contributed by atoms with Crippen LogP contribution in [0.2, 0.25) is 0 Å². The SMILES string of the molecule is Cc1ccccc1CCNC(=O)CCNS(=O)(=O)c1ccc(C(C)C)cc1. The number of sulfonamides is 1. The van der Waals surface area contributed by atoms with Gasteiger partial charge in [-0.15, -0.1) is 0 Å². The maximum absolute atomic E-state index is 12.3. The first-order valence-electron chi connectivity index (χ1n) is 9.20. The van der Waals surface area contributed by atoms with Crippen LogP contribution in [-0.2, 0) is 21.2 Å². The van der Waals surface area contributed by atoms with Crippen molar-refractivity contribution in [3.05, 3.63) is 65.2 Å². The number of aryl methyl sites for hydroxylation is 1. The van der Waals surface area contributed by atoms with E-state index in [-0.39, 0.29) is 23.8 Å². The van der Waals surface area contributed by atoms with Gasteiger partial charge in [0.05, 0.1) is 4.90 Å². The second kappa shape index (κ2) is 9.67. The number of carbonyl (C=O) groups is 1. The van der Waals surface area contributed by atoms with Gasteiger partial charge in [0.15, 0.2) is 0 Å². The van der Waals surface area contributed by atoms with Gasteiger partial charge < -0.3 is 5.32 Å². The van der Waals surface area contributed by atoms with E-state index in [0.29, 0.717) is 12.5 Å². The fraction of sp³-hybridized carbons (Fsp3) is 0.381. The Balaban J connectivity index is 1.75. The van der Waals surface area contributed by atoms with Crippen molar-refractivity contribution in [1.82, 2.24) is 10.0 Å².